The van der Waals surface area contributed by atoms with Crippen LogP contribution in [0, 0.1) is 27.2 Å². The number of fused-ring (bicyclic) bond motifs is 1. The summed E-state index contributed by atoms with van der Waals surface area (Å²) in [6, 6.07) is 25.5. The van der Waals surface area contributed by atoms with Gasteiger partial charge in [-0.2, -0.15) is 15.3 Å². The van der Waals surface area contributed by atoms with Gasteiger partial charge in [-0.05, 0) is 30.5 Å². The number of aryl methyl sites for hydroxylation is 1. The normalized spacial score (nSPS) is 10.7. The molecule has 0 aliphatic heterocycles. The molecule has 0 unspecified atom stereocenters. The van der Waals surface area contributed by atoms with Crippen LogP contribution in [0.25, 0.3) is 16.5 Å². The summed E-state index contributed by atoms with van der Waals surface area (Å²) in [6.07, 6.45) is 0. The number of non-ortho nitro benzene ring substituents is 2. The van der Waals surface area contributed by atoms with Crippen LogP contribution in [0.5, 0.6) is 23.1 Å². The molecule has 0 aliphatic rings. The van der Waals surface area contributed by atoms with Gasteiger partial charge in [0.25, 0.3) is 11.4 Å². The fourth-order valence-electron chi connectivity index (χ4n) is 4.31. The molecular formula is C32H21CoN8NaO8+. The Balaban J connectivity index is 0.000000261. The van der Waals surface area contributed by atoms with E-state index in [0.29, 0.717) is 16.8 Å². The smallest absolute Gasteiger partial charge is 0.871 e. The number of aromatic nitrogens is 2. The quantitative estimate of drug-likeness (QED) is 0.109. The molecule has 0 amide bonds. The number of para-hydroxylation sites is 1. The Morgan fingerprint density at radius 1 is 0.680 bits per heavy atom. The second-order valence-corrected chi connectivity index (χ2v) is 9.86. The first-order valence-electron chi connectivity index (χ1n) is 13.8. The number of nitro groups is 2. The summed E-state index contributed by atoms with van der Waals surface area (Å²) in [5.74, 6) is -1.61. The van der Waals surface area contributed by atoms with Crippen molar-refractivity contribution in [1.82, 2.24) is 9.78 Å². The SMILES string of the molecule is Cc1nn(-c2ccccc2)c([O-])c1N=Nc1cc([N+](=O)[O-])ccc1[O-].O=[N+]([O-])c1ccc([O-])c(N=Nc2c(O)ccc3ccccc23)c1.[Co+3].[Na+]. The maximum absolute atomic E-state index is 12.4. The average molecular weight is 727 g/mol. The Bertz CT molecular complexity index is 2230. The largest absolute Gasteiger partial charge is 3.00 e. The topological polar surface area (TPSA) is 243 Å². The summed E-state index contributed by atoms with van der Waals surface area (Å²) in [6.45, 7) is 1.58. The number of hydrogen-bond acceptors (Lipinski definition) is 13. The van der Waals surface area contributed by atoms with Crippen LogP contribution < -0.4 is 44.9 Å². The second kappa shape index (κ2) is 17.1. The average Bonchev–Trinajstić information content (AvgIpc) is 3.37. The number of phenols is 1. The molecule has 0 saturated carbocycles. The first-order chi connectivity index (χ1) is 23.0. The van der Waals surface area contributed by atoms with Crippen molar-refractivity contribution in [1.29, 1.82) is 0 Å². The van der Waals surface area contributed by atoms with E-state index in [0.717, 1.165) is 41.8 Å². The molecule has 246 valence electrons. The number of nitrogens with zero attached hydrogens (tertiary/aromatic N) is 8. The van der Waals surface area contributed by atoms with E-state index < -0.39 is 27.2 Å². The van der Waals surface area contributed by atoms with Gasteiger partial charge in [-0.15, -0.1) is 10.2 Å². The molecule has 6 rings (SSSR count). The van der Waals surface area contributed by atoms with E-state index in [1.54, 1.807) is 49.4 Å². The van der Waals surface area contributed by atoms with Crippen molar-refractivity contribution in [3.05, 3.63) is 129 Å². The maximum Gasteiger partial charge on any atom is 3.00 e. The van der Waals surface area contributed by atoms with Crippen LogP contribution in [0.4, 0.5) is 34.1 Å². The molecule has 0 aliphatic carbocycles. The number of azo groups is 2. The Kier molecular flexibility index (Phi) is 13.2. The summed E-state index contributed by atoms with van der Waals surface area (Å²) >= 11 is 0. The molecule has 1 aromatic heterocycles. The van der Waals surface area contributed by atoms with E-state index in [9.17, 15) is 40.7 Å². The summed E-state index contributed by atoms with van der Waals surface area (Å²) in [7, 11) is 0. The molecule has 16 nitrogen and oxygen atoms in total. The van der Waals surface area contributed by atoms with Crippen LogP contribution in [0.15, 0.2) is 124 Å². The van der Waals surface area contributed by atoms with Gasteiger partial charge >= 0.3 is 46.3 Å². The van der Waals surface area contributed by atoms with Gasteiger partial charge in [0.2, 0.25) is 0 Å². The zero-order chi connectivity index (χ0) is 34.4. The Labute approximate surface area is 314 Å². The van der Waals surface area contributed by atoms with Crippen molar-refractivity contribution in [2.75, 3.05) is 0 Å². The Morgan fingerprint density at radius 2 is 1.20 bits per heavy atom. The molecule has 5 aromatic carbocycles. The number of nitro benzene ring substituents is 2. The molecular weight excluding hydrogens is 706 g/mol. The molecule has 6 aromatic rings. The van der Waals surface area contributed by atoms with Gasteiger partial charge in [0.1, 0.15) is 17.1 Å². The van der Waals surface area contributed by atoms with Crippen molar-refractivity contribution in [2.45, 2.75) is 6.92 Å². The van der Waals surface area contributed by atoms with Gasteiger partial charge in [0, 0.05) is 35.5 Å². The molecule has 18 heteroatoms. The van der Waals surface area contributed by atoms with Gasteiger partial charge in [0.05, 0.1) is 32.6 Å². The number of aromatic hydroxyl groups is 1. The van der Waals surface area contributed by atoms with E-state index in [1.807, 2.05) is 18.2 Å². The van der Waals surface area contributed by atoms with Gasteiger partial charge in [0.15, 0.2) is 0 Å². The first kappa shape index (κ1) is 38.7. The molecule has 0 saturated heterocycles. The Hall–Kier alpha value is -5.72. The fourth-order valence-corrected chi connectivity index (χ4v) is 4.31. The molecule has 0 bridgehead atoms. The van der Waals surface area contributed by atoms with E-state index in [2.05, 4.69) is 25.6 Å². The third-order valence-corrected chi connectivity index (χ3v) is 6.69. The van der Waals surface area contributed by atoms with Crippen LogP contribution in [-0.4, -0.2) is 24.7 Å². The van der Waals surface area contributed by atoms with Gasteiger partial charge in [-0.25, -0.2) is 4.68 Å². The van der Waals surface area contributed by atoms with E-state index in [4.69, 9.17) is 0 Å². The van der Waals surface area contributed by atoms with E-state index in [1.165, 1.54) is 10.7 Å². The molecule has 1 N–H and O–H groups in total. The van der Waals surface area contributed by atoms with E-state index in [-0.39, 0.29) is 86.2 Å². The summed E-state index contributed by atoms with van der Waals surface area (Å²) in [5.41, 5.74) is 0.149. The maximum atomic E-state index is 12.4. The van der Waals surface area contributed by atoms with Crippen molar-refractivity contribution >= 4 is 44.9 Å². The minimum atomic E-state index is -0.643. The number of rotatable bonds is 7. The molecule has 1 heterocycles. The minimum Gasteiger partial charge on any atom is -0.871 e. The Morgan fingerprint density at radius 3 is 1.76 bits per heavy atom. The third kappa shape index (κ3) is 8.84. The van der Waals surface area contributed by atoms with Crippen molar-refractivity contribution < 1.29 is 76.6 Å². The van der Waals surface area contributed by atoms with E-state index >= 15 is 0 Å². The number of hydrogen-bond donors (Lipinski definition) is 1. The van der Waals surface area contributed by atoms with Crippen molar-refractivity contribution in [2.24, 2.45) is 20.5 Å². The predicted molar refractivity (Wildman–Crippen MR) is 167 cm³/mol. The van der Waals surface area contributed by atoms with Gasteiger partial charge in [-0.3, -0.25) is 20.2 Å². The number of benzene rings is 5. The summed E-state index contributed by atoms with van der Waals surface area (Å²) < 4.78 is 1.18. The second-order valence-electron chi connectivity index (χ2n) is 9.86. The molecule has 0 atom stereocenters. The first-order valence-corrected chi connectivity index (χ1v) is 13.8. The zero-order valence-corrected chi connectivity index (χ0v) is 29.1. The monoisotopic (exact) mass is 727 g/mol. The zero-order valence-electron chi connectivity index (χ0n) is 26.0. The van der Waals surface area contributed by atoms with Gasteiger partial charge in [-0.1, -0.05) is 72.2 Å². The van der Waals surface area contributed by atoms with Crippen LogP contribution in [0.2, 0.25) is 0 Å². The summed E-state index contributed by atoms with van der Waals surface area (Å²) in [5, 5.41) is 88.2. The fraction of sp³-hybridized carbons (Fsp3) is 0.0312. The number of phenolic OH excluding ortho intramolecular Hbond substituents is 1. The molecule has 0 spiro atoms. The minimum absolute atomic E-state index is 0. The molecule has 0 radical (unpaired) electrons. The van der Waals surface area contributed by atoms with Crippen molar-refractivity contribution in [3.63, 3.8) is 0 Å². The third-order valence-electron chi connectivity index (χ3n) is 6.69. The molecule has 50 heavy (non-hydrogen) atoms. The van der Waals surface area contributed by atoms with Crippen LogP contribution >= 0.6 is 0 Å². The molecule has 0 fully saturated rings. The van der Waals surface area contributed by atoms with Crippen molar-refractivity contribution in [3.8, 4) is 28.8 Å². The van der Waals surface area contributed by atoms with Crippen LogP contribution in [0.3, 0.4) is 0 Å². The van der Waals surface area contributed by atoms with Crippen LogP contribution in [-0.2, 0) is 16.8 Å². The predicted octanol–water partition coefficient (Wildman–Crippen LogP) is 3.60. The van der Waals surface area contributed by atoms with Crippen LogP contribution in [0.1, 0.15) is 5.69 Å². The standard InChI is InChI=1S/C16H13N5O4.C16H11N3O4.Co.Na/c1-10-15(16(23)20(19-10)11-5-3-2-4-6-11)18-17-13-9-12(21(24)25)7-8-14(13)22;20-14-8-6-11(19(22)23)9-13(14)17-18-16-12-4-2-1-3-10(12)5-7-15(16)21;;/h2-9,22-23H,1H3;1-9,20-21H;;/q;;+3;+1/p-3. The summed E-state index contributed by atoms with van der Waals surface area (Å²) in [4.78, 5) is 20.3. The van der Waals surface area contributed by atoms with Gasteiger partial charge < -0.3 is 20.4 Å².